The Kier molecular flexibility index (Phi) is 8.57. The number of piperidine rings is 1. The van der Waals surface area contributed by atoms with E-state index < -0.39 is 0 Å². The second-order valence-electron chi connectivity index (χ2n) is 6.83. The summed E-state index contributed by atoms with van der Waals surface area (Å²) >= 11 is 0. The number of para-hydroxylation sites is 1. The van der Waals surface area contributed by atoms with Crippen LogP contribution in [0.15, 0.2) is 24.3 Å². The van der Waals surface area contributed by atoms with Crippen molar-refractivity contribution in [1.29, 1.82) is 0 Å². The fraction of sp³-hybridized carbons (Fsp3) is 0.632. The van der Waals surface area contributed by atoms with Gasteiger partial charge < -0.3 is 15.4 Å². The van der Waals surface area contributed by atoms with E-state index in [1.807, 2.05) is 30.0 Å². The van der Waals surface area contributed by atoms with E-state index in [9.17, 15) is 4.79 Å². The van der Waals surface area contributed by atoms with Crippen LogP contribution >= 0.6 is 12.4 Å². The summed E-state index contributed by atoms with van der Waals surface area (Å²) in [7, 11) is 1.69. The zero-order chi connectivity index (χ0) is 16.8. The molecular formula is C19H31ClN2O2. The number of halogens is 1. The van der Waals surface area contributed by atoms with E-state index in [0.717, 1.165) is 37.1 Å². The Labute approximate surface area is 152 Å². The lowest BCUT2D eigenvalue weighted by Gasteiger charge is -2.38. The lowest BCUT2D eigenvalue weighted by molar-refractivity contribution is -0.136. The number of nitrogens with zero attached hydrogens (tertiary/aromatic N) is 1. The minimum atomic E-state index is 0. The molecule has 1 saturated heterocycles. The van der Waals surface area contributed by atoms with Crippen molar-refractivity contribution in [1.82, 2.24) is 4.90 Å². The molecule has 0 radical (unpaired) electrons. The van der Waals surface area contributed by atoms with E-state index in [0.29, 0.717) is 6.42 Å². The van der Waals surface area contributed by atoms with E-state index in [2.05, 4.69) is 13.0 Å². The summed E-state index contributed by atoms with van der Waals surface area (Å²) in [6, 6.07) is 8.28. The van der Waals surface area contributed by atoms with Crippen molar-refractivity contribution in [2.24, 2.45) is 11.7 Å². The molecule has 2 rings (SSSR count). The van der Waals surface area contributed by atoms with Gasteiger partial charge in [0.2, 0.25) is 5.91 Å². The maximum Gasteiger partial charge on any atom is 0.223 e. The van der Waals surface area contributed by atoms with E-state index >= 15 is 0 Å². The van der Waals surface area contributed by atoms with Gasteiger partial charge >= 0.3 is 0 Å². The van der Waals surface area contributed by atoms with E-state index in [1.54, 1.807) is 7.11 Å². The first-order valence-electron chi connectivity index (χ1n) is 8.70. The van der Waals surface area contributed by atoms with E-state index in [4.69, 9.17) is 10.5 Å². The lowest BCUT2D eigenvalue weighted by Crippen LogP contribution is -2.52. The number of rotatable bonds is 6. The Bertz CT molecular complexity index is 522. The SMILES string of the molecule is COc1ccccc1CC(C)CC(=O)N1CCCCC1C(C)N.Cl. The molecule has 0 aliphatic carbocycles. The highest BCUT2D eigenvalue weighted by molar-refractivity contribution is 5.85. The normalized spacial score (nSPS) is 20.0. The molecule has 0 bridgehead atoms. The van der Waals surface area contributed by atoms with Crippen molar-refractivity contribution in [2.45, 2.75) is 58.0 Å². The van der Waals surface area contributed by atoms with Crippen LogP contribution in [-0.4, -0.2) is 36.5 Å². The molecule has 136 valence electrons. The molecule has 4 nitrogen and oxygen atoms in total. The standard InChI is InChI=1S/C19H30N2O2.ClH/c1-14(12-16-8-4-5-10-18(16)23-3)13-19(22)21-11-7-6-9-17(21)15(2)20;/h4-5,8,10,14-15,17H,6-7,9,11-13,20H2,1-3H3;1H. The first-order valence-corrected chi connectivity index (χ1v) is 8.70. The number of methoxy groups -OCH3 is 1. The first kappa shape index (κ1) is 20.8. The van der Waals surface area contributed by atoms with Gasteiger partial charge in [-0.15, -0.1) is 12.4 Å². The van der Waals surface area contributed by atoms with Crippen LogP contribution in [0.1, 0.15) is 45.1 Å². The summed E-state index contributed by atoms with van der Waals surface area (Å²) in [6.45, 7) is 5.00. The van der Waals surface area contributed by atoms with Crippen molar-refractivity contribution in [3.05, 3.63) is 29.8 Å². The fourth-order valence-corrected chi connectivity index (χ4v) is 3.55. The molecule has 1 fully saturated rings. The predicted octanol–water partition coefficient (Wildman–Crippen LogP) is 3.41. The van der Waals surface area contributed by atoms with Crippen molar-refractivity contribution in [3.63, 3.8) is 0 Å². The number of hydrogen-bond acceptors (Lipinski definition) is 3. The van der Waals surface area contributed by atoms with Gasteiger partial charge in [-0.05, 0) is 50.2 Å². The molecular weight excluding hydrogens is 324 g/mol. The van der Waals surface area contributed by atoms with Crippen molar-refractivity contribution >= 4 is 18.3 Å². The van der Waals surface area contributed by atoms with Crippen LogP contribution in [0.2, 0.25) is 0 Å². The van der Waals surface area contributed by atoms with Crippen LogP contribution in [0.25, 0.3) is 0 Å². The van der Waals surface area contributed by atoms with Gasteiger partial charge in [-0.25, -0.2) is 0 Å². The van der Waals surface area contributed by atoms with Crippen molar-refractivity contribution in [2.75, 3.05) is 13.7 Å². The van der Waals surface area contributed by atoms with Gasteiger partial charge in [0.05, 0.1) is 7.11 Å². The second kappa shape index (κ2) is 9.90. The van der Waals surface area contributed by atoms with Gasteiger partial charge in [0, 0.05) is 25.0 Å². The number of carbonyl (C=O) groups is 1. The third-order valence-corrected chi connectivity index (χ3v) is 4.76. The van der Waals surface area contributed by atoms with Crippen molar-refractivity contribution < 1.29 is 9.53 Å². The summed E-state index contributed by atoms with van der Waals surface area (Å²) in [5, 5.41) is 0. The Balaban J connectivity index is 0.00000288. The van der Waals surface area contributed by atoms with Crippen LogP contribution in [0, 0.1) is 5.92 Å². The molecule has 0 spiro atoms. The molecule has 1 aliphatic heterocycles. The zero-order valence-corrected chi connectivity index (χ0v) is 15.8. The average molecular weight is 355 g/mol. The number of benzene rings is 1. The summed E-state index contributed by atoms with van der Waals surface area (Å²) in [4.78, 5) is 14.7. The molecule has 1 aromatic carbocycles. The number of amides is 1. The molecule has 3 atom stereocenters. The van der Waals surface area contributed by atoms with Crippen LogP contribution in [0.3, 0.4) is 0 Å². The molecule has 1 aliphatic rings. The van der Waals surface area contributed by atoms with Gasteiger partial charge in [0.1, 0.15) is 5.75 Å². The van der Waals surface area contributed by atoms with E-state index in [1.165, 1.54) is 6.42 Å². The Morgan fingerprint density at radius 3 is 2.71 bits per heavy atom. The van der Waals surface area contributed by atoms with Gasteiger partial charge in [0.25, 0.3) is 0 Å². The lowest BCUT2D eigenvalue weighted by atomic mass is 9.93. The molecule has 24 heavy (non-hydrogen) atoms. The fourth-order valence-electron chi connectivity index (χ4n) is 3.55. The number of hydrogen-bond donors (Lipinski definition) is 1. The monoisotopic (exact) mass is 354 g/mol. The molecule has 2 N–H and O–H groups in total. The van der Waals surface area contributed by atoms with Gasteiger partial charge in [-0.1, -0.05) is 25.1 Å². The van der Waals surface area contributed by atoms with Crippen LogP contribution in [0.5, 0.6) is 5.75 Å². The van der Waals surface area contributed by atoms with Crippen LogP contribution in [-0.2, 0) is 11.2 Å². The molecule has 5 heteroatoms. The molecule has 1 amide bonds. The van der Waals surface area contributed by atoms with Gasteiger partial charge in [-0.2, -0.15) is 0 Å². The van der Waals surface area contributed by atoms with Gasteiger partial charge in [-0.3, -0.25) is 4.79 Å². The van der Waals surface area contributed by atoms with Crippen LogP contribution < -0.4 is 10.5 Å². The number of carbonyl (C=O) groups excluding carboxylic acids is 1. The Hall–Kier alpha value is -1.26. The Morgan fingerprint density at radius 1 is 1.33 bits per heavy atom. The average Bonchev–Trinajstić information content (AvgIpc) is 2.55. The van der Waals surface area contributed by atoms with Gasteiger partial charge in [0.15, 0.2) is 0 Å². The maximum atomic E-state index is 12.7. The Morgan fingerprint density at radius 2 is 2.04 bits per heavy atom. The highest BCUT2D eigenvalue weighted by Gasteiger charge is 2.29. The topological polar surface area (TPSA) is 55.6 Å². The molecule has 0 saturated carbocycles. The summed E-state index contributed by atoms with van der Waals surface area (Å²) in [5.74, 6) is 1.43. The summed E-state index contributed by atoms with van der Waals surface area (Å²) in [6.07, 6.45) is 4.72. The molecule has 1 heterocycles. The maximum absolute atomic E-state index is 12.7. The van der Waals surface area contributed by atoms with Crippen LogP contribution in [0.4, 0.5) is 0 Å². The largest absolute Gasteiger partial charge is 0.496 e. The smallest absolute Gasteiger partial charge is 0.223 e. The quantitative estimate of drug-likeness (QED) is 0.851. The highest BCUT2D eigenvalue weighted by Crippen LogP contribution is 2.25. The third kappa shape index (κ3) is 5.38. The minimum Gasteiger partial charge on any atom is -0.496 e. The number of likely N-dealkylation sites (tertiary alicyclic amines) is 1. The minimum absolute atomic E-state index is 0. The summed E-state index contributed by atoms with van der Waals surface area (Å²) < 4.78 is 5.40. The van der Waals surface area contributed by atoms with Crippen molar-refractivity contribution in [3.8, 4) is 5.75 Å². The second-order valence-corrected chi connectivity index (χ2v) is 6.83. The summed E-state index contributed by atoms with van der Waals surface area (Å²) in [5.41, 5.74) is 7.24. The molecule has 3 unspecified atom stereocenters. The number of nitrogens with two attached hydrogens (primary N) is 1. The molecule has 0 aromatic heterocycles. The first-order chi connectivity index (χ1) is 11.0. The number of ether oxygens (including phenoxy) is 1. The third-order valence-electron chi connectivity index (χ3n) is 4.76. The predicted molar refractivity (Wildman–Crippen MR) is 101 cm³/mol. The zero-order valence-electron chi connectivity index (χ0n) is 15.0. The van der Waals surface area contributed by atoms with E-state index in [-0.39, 0.29) is 36.3 Å². The highest BCUT2D eigenvalue weighted by atomic mass is 35.5. The molecule has 1 aromatic rings.